The van der Waals surface area contributed by atoms with Crippen molar-refractivity contribution in [3.8, 4) is 23.0 Å². The predicted octanol–water partition coefficient (Wildman–Crippen LogP) is 4.55. The third kappa shape index (κ3) is 4.27. The van der Waals surface area contributed by atoms with E-state index in [9.17, 15) is 4.79 Å². The van der Waals surface area contributed by atoms with E-state index < -0.39 is 0 Å². The van der Waals surface area contributed by atoms with Gasteiger partial charge in [-0.25, -0.2) is 4.98 Å². The smallest absolute Gasteiger partial charge is 0.257 e. The molecule has 2 aromatic carbocycles. The van der Waals surface area contributed by atoms with Gasteiger partial charge in [-0.15, -0.1) is 0 Å². The van der Waals surface area contributed by atoms with Crippen LogP contribution in [0.2, 0.25) is 0 Å². The van der Waals surface area contributed by atoms with Crippen molar-refractivity contribution in [3.63, 3.8) is 0 Å². The van der Waals surface area contributed by atoms with Crippen LogP contribution >= 0.6 is 28.1 Å². The van der Waals surface area contributed by atoms with Gasteiger partial charge in [0.2, 0.25) is 5.89 Å². The minimum Gasteiger partial charge on any atom is -0.486 e. The molecule has 1 amide bonds. The SMILES string of the molecule is O=C(NC(=S)Nc1ccc2oc(-c3cncc(Br)c3)nc2c1)c1ccc2c(c1)OCCO2. The van der Waals surface area contributed by atoms with Crippen molar-refractivity contribution in [3.05, 3.63) is 64.9 Å². The summed E-state index contributed by atoms with van der Waals surface area (Å²) >= 11 is 8.69. The fraction of sp³-hybridized carbons (Fsp3) is 0.0909. The summed E-state index contributed by atoms with van der Waals surface area (Å²) in [6, 6.07) is 12.2. The third-order valence-corrected chi connectivity index (χ3v) is 5.27. The first kappa shape index (κ1) is 20.4. The van der Waals surface area contributed by atoms with Crippen molar-refractivity contribution in [2.45, 2.75) is 0 Å². The molecule has 10 heteroatoms. The molecular formula is C22H15BrN4O4S. The van der Waals surface area contributed by atoms with Crippen LogP contribution in [-0.2, 0) is 0 Å². The van der Waals surface area contributed by atoms with Gasteiger partial charge in [0, 0.05) is 28.1 Å². The molecule has 160 valence electrons. The third-order valence-electron chi connectivity index (χ3n) is 4.63. The molecule has 0 atom stereocenters. The van der Waals surface area contributed by atoms with Gasteiger partial charge in [-0.3, -0.25) is 15.1 Å². The van der Waals surface area contributed by atoms with Crippen LogP contribution in [0.5, 0.6) is 11.5 Å². The fourth-order valence-electron chi connectivity index (χ4n) is 3.18. The standard InChI is InChI=1S/C22H15BrN4O4S/c23-14-7-13(10-24-11-14)21-26-16-9-15(2-4-17(16)31-21)25-22(32)27-20(28)12-1-3-18-19(8-12)30-6-5-29-18/h1-4,7-11H,5-6H2,(H2,25,27,28,32). The number of hydrogen-bond donors (Lipinski definition) is 2. The Morgan fingerprint density at radius 3 is 2.72 bits per heavy atom. The predicted molar refractivity (Wildman–Crippen MR) is 126 cm³/mol. The summed E-state index contributed by atoms with van der Waals surface area (Å²) in [7, 11) is 0. The number of benzene rings is 2. The van der Waals surface area contributed by atoms with E-state index in [0.29, 0.717) is 53.0 Å². The van der Waals surface area contributed by atoms with Crippen molar-refractivity contribution in [1.82, 2.24) is 15.3 Å². The molecule has 0 aliphatic carbocycles. The maximum Gasteiger partial charge on any atom is 0.257 e. The number of fused-ring (bicyclic) bond motifs is 2. The topological polar surface area (TPSA) is 98.5 Å². The molecule has 4 aromatic rings. The van der Waals surface area contributed by atoms with Gasteiger partial charge in [-0.2, -0.15) is 0 Å². The van der Waals surface area contributed by atoms with E-state index in [4.69, 9.17) is 26.1 Å². The van der Waals surface area contributed by atoms with E-state index >= 15 is 0 Å². The van der Waals surface area contributed by atoms with E-state index in [-0.39, 0.29) is 11.0 Å². The van der Waals surface area contributed by atoms with Gasteiger partial charge < -0.3 is 19.2 Å². The van der Waals surface area contributed by atoms with Crippen LogP contribution in [0.25, 0.3) is 22.6 Å². The normalized spacial score (nSPS) is 12.4. The quantitative estimate of drug-likeness (QED) is 0.387. The van der Waals surface area contributed by atoms with Gasteiger partial charge in [0.05, 0.1) is 5.56 Å². The first-order chi connectivity index (χ1) is 15.5. The molecule has 2 aromatic heterocycles. The average Bonchev–Trinajstić information content (AvgIpc) is 3.22. The Balaban J connectivity index is 1.28. The largest absolute Gasteiger partial charge is 0.486 e. The Morgan fingerprint density at radius 2 is 1.88 bits per heavy atom. The molecule has 0 radical (unpaired) electrons. The lowest BCUT2D eigenvalue weighted by Crippen LogP contribution is -2.34. The second-order valence-corrected chi connectivity index (χ2v) is 8.18. The molecule has 0 unspecified atom stereocenters. The van der Waals surface area contributed by atoms with E-state index in [0.717, 1.165) is 10.0 Å². The van der Waals surface area contributed by atoms with Gasteiger partial charge in [-0.1, -0.05) is 0 Å². The average molecular weight is 511 g/mol. The molecule has 0 saturated carbocycles. The summed E-state index contributed by atoms with van der Waals surface area (Å²) < 4.78 is 17.6. The number of oxazole rings is 1. The number of pyridine rings is 1. The number of carbonyl (C=O) groups excluding carboxylic acids is 1. The summed E-state index contributed by atoms with van der Waals surface area (Å²) in [6.45, 7) is 0.937. The number of nitrogens with one attached hydrogen (secondary N) is 2. The molecule has 1 aliphatic rings. The monoisotopic (exact) mass is 510 g/mol. The van der Waals surface area contributed by atoms with Crippen LogP contribution < -0.4 is 20.1 Å². The second-order valence-electron chi connectivity index (χ2n) is 6.86. The number of nitrogens with zero attached hydrogens (tertiary/aromatic N) is 2. The molecule has 0 saturated heterocycles. The van der Waals surface area contributed by atoms with Crippen LogP contribution in [-0.4, -0.2) is 34.2 Å². The summed E-state index contributed by atoms with van der Waals surface area (Å²) in [5, 5.41) is 5.82. The molecule has 0 fully saturated rings. The number of aromatic nitrogens is 2. The highest BCUT2D eigenvalue weighted by atomic mass is 79.9. The van der Waals surface area contributed by atoms with E-state index in [1.165, 1.54) is 0 Å². The highest BCUT2D eigenvalue weighted by Crippen LogP contribution is 2.31. The Hall–Kier alpha value is -3.50. The summed E-state index contributed by atoms with van der Waals surface area (Å²) in [6.07, 6.45) is 3.37. The number of halogens is 1. The first-order valence-corrected chi connectivity index (χ1v) is 10.8. The fourth-order valence-corrected chi connectivity index (χ4v) is 3.76. The molecule has 3 heterocycles. The van der Waals surface area contributed by atoms with Crippen molar-refractivity contribution < 1.29 is 18.7 Å². The highest BCUT2D eigenvalue weighted by molar-refractivity contribution is 9.10. The van der Waals surface area contributed by atoms with Gasteiger partial charge >= 0.3 is 0 Å². The van der Waals surface area contributed by atoms with Gasteiger partial charge in [-0.05, 0) is 70.6 Å². The lowest BCUT2D eigenvalue weighted by Gasteiger charge is -2.18. The number of rotatable bonds is 3. The summed E-state index contributed by atoms with van der Waals surface area (Å²) in [4.78, 5) is 21.2. The van der Waals surface area contributed by atoms with Gasteiger partial charge in [0.25, 0.3) is 5.91 Å². The second kappa shape index (κ2) is 8.56. The minimum absolute atomic E-state index is 0.157. The minimum atomic E-state index is -0.355. The van der Waals surface area contributed by atoms with E-state index in [1.807, 2.05) is 6.07 Å². The maximum absolute atomic E-state index is 12.6. The highest BCUT2D eigenvalue weighted by Gasteiger charge is 2.16. The van der Waals surface area contributed by atoms with Crippen molar-refractivity contribution in [2.24, 2.45) is 0 Å². The molecule has 0 bridgehead atoms. The zero-order valence-corrected chi connectivity index (χ0v) is 18.8. The van der Waals surface area contributed by atoms with Crippen molar-refractivity contribution >= 4 is 56.0 Å². The number of thiocarbonyl (C=S) groups is 1. The summed E-state index contributed by atoms with van der Waals surface area (Å²) in [5.74, 6) is 1.26. The Labute approximate surface area is 196 Å². The summed E-state index contributed by atoms with van der Waals surface area (Å²) in [5.41, 5.74) is 3.10. The molecule has 1 aliphatic heterocycles. The molecule has 5 rings (SSSR count). The van der Waals surface area contributed by atoms with Crippen molar-refractivity contribution in [1.29, 1.82) is 0 Å². The number of hydrogen-bond acceptors (Lipinski definition) is 7. The van der Waals surface area contributed by atoms with E-state index in [1.54, 1.807) is 48.8 Å². The maximum atomic E-state index is 12.6. The molecule has 0 spiro atoms. The molecular weight excluding hydrogens is 496 g/mol. The Kier molecular flexibility index (Phi) is 5.46. The Bertz CT molecular complexity index is 1360. The van der Waals surface area contributed by atoms with Crippen molar-refractivity contribution in [2.75, 3.05) is 18.5 Å². The van der Waals surface area contributed by atoms with E-state index in [2.05, 4.69) is 36.5 Å². The van der Waals surface area contributed by atoms with Crippen LogP contribution in [0.4, 0.5) is 5.69 Å². The zero-order chi connectivity index (χ0) is 22.1. The van der Waals surface area contributed by atoms with Crippen LogP contribution in [0.15, 0.2) is 63.7 Å². The Morgan fingerprint density at radius 1 is 1.03 bits per heavy atom. The number of amides is 1. The van der Waals surface area contributed by atoms with Gasteiger partial charge in [0.1, 0.15) is 18.7 Å². The van der Waals surface area contributed by atoms with Crippen LogP contribution in [0, 0.1) is 0 Å². The lowest BCUT2D eigenvalue weighted by molar-refractivity contribution is 0.0976. The number of ether oxygens (including phenoxy) is 2. The van der Waals surface area contributed by atoms with Crippen LogP contribution in [0.3, 0.4) is 0 Å². The molecule has 32 heavy (non-hydrogen) atoms. The lowest BCUT2D eigenvalue weighted by atomic mass is 10.2. The number of carbonyl (C=O) groups is 1. The van der Waals surface area contributed by atoms with Gasteiger partial charge in [0.15, 0.2) is 22.2 Å². The molecule has 2 N–H and O–H groups in total. The van der Waals surface area contributed by atoms with Crippen LogP contribution in [0.1, 0.15) is 10.4 Å². The molecule has 8 nitrogen and oxygen atoms in total. The zero-order valence-electron chi connectivity index (χ0n) is 16.4. The number of anilines is 1. The first-order valence-electron chi connectivity index (χ1n) is 9.59.